The molecule has 0 bridgehead atoms. The second-order valence-electron chi connectivity index (χ2n) is 9.98. The van der Waals surface area contributed by atoms with Gasteiger partial charge in [-0.25, -0.2) is 13.2 Å². The summed E-state index contributed by atoms with van der Waals surface area (Å²) in [6, 6.07) is 12.0. The van der Waals surface area contributed by atoms with Crippen LogP contribution in [0.2, 0.25) is 0 Å². The average Bonchev–Trinajstić information content (AvgIpc) is 2.87. The first-order valence-corrected chi connectivity index (χ1v) is 14.1. The maximum Gasteiger partial charge on any atom is 0.317 e. The zero-order valence-electron chi connectivity index (χ0n) is 22.8. The summed E-state index contributed by atoms with van der Waals surface area (Å²) in [5.74, 6) is -0.126. The number of hydrogen-bond acceptors (Lipinski definition) is 6. The second kappa shape index (κ2) is 12.5. The maximum atomic E-state index is 13.5. The number of carbonyl (C=O) groups is 2. The number of fused-ring (bicyclic) bond motifs is 1. The van der Waals surface area contributed by atoms with Gasteiger partial charge in [0.05, 0.1) is 22.6 Å². The van der Waals surface area contributed by atoms with Gasteiger partial charge in [0.15, 0.2) is 0 Å². The molecule has 0 saturated heterocycles. The summed E-state index contributed by atoms with van der Waals surface area (Å²) in [5.41, 5.74) is 0.432. The number of anilines is 1. The predicted octanol–water partition coefficient (Wildman–Crippen LogP) is 3.41. The van der Waals surface area contributed by atoms with E-state index in [-0.39, 0.29) is 65.3 Å². The van der Waals surface area contributed by atoms with Crippen molar-refractivity contribution in [2.45, 2.75) is 50.8 Å². The van der Waals surface area contributed by atoms with Crippen molar-refractivity contribution in [3.8, 4) is 5.75 Å². The van der Waals surface area contributed by atoms with Gasteiger partial charge in [-0.2, -0.15) is 0 Å². The van der Waals surface area contributed by atoms with Crippen molar-refractivity contribution >= 4 is 27.6 Å². The van der Waals surface area contributed by atoms with Gasteiger partial charge >= 0.3 is 6.03 Å². The average molecular weight is 547 g/mol. The van der Waals surface area contributed by atoms with E-state index in [1.165, 1.54) is 23.1 Å². The Kier molecular flexibility index (Phi) is 9.61. The first-order valence-electron chi connectivity index (χ1n) is 12.6. The molecule has 3 atom stereocenters. The summed E-state index contributed by atoms with van der Waals surface area (Å²) in [4.78, 5) is 29.9. The van der Waals surface area contributed by atoms with Crippen LogP contribution in [0.5, 0.6) is 5.75 Å². The van der Waals surface area contributed by atoms with Gasteiger partial charge in [-0.1, -0.05) is 25.1 Å². The van der Waals surface area contributed by atoms with Crippen LogP contribution in [0.15, 0.2) is 53.4 Å². The fourth-order valence-corrected chi connectivity index (χ4v) is 5.34. The molecule has 0 aromatic heterocycles. The van der Waals surface area contributed by atoms with Crippen LogP contribution < -0.4 is 14.8 Å². The third-order valence-electron chi connectivity index (χ3n) is 6.42. The molecule has 2 N–H and O–H groups in total. The van der Waals surface area contributed by atoms with Crippen LogP contribution >= 0.6 is 0 Å². The number of likely N-dealkylation sites (N-methyl/N-ethyl adjacent to an activating group) is 1. The molecular weight excluding hydrogens is 508 g/mol. The molecule has 2 aromatic carbocycles. The molecule has 0 radical (unpaired) electrons. The van der Waals surface area contributed by atoms with Crippen molar-refractivity contribution in [1.82, 2.24) is 15.1 Å². The topological polar surface area (TPSA) is 117 Å². The van der Waals surface area contributed by atoms with Crippen LogP contribution in [0.4, 0.5) is 10.5 Å². The fourth-order valence-electron chi connectivity index (χ4n) is 4.27. The summed E-state index contributed by atoms with van der Waals surface area (Å²) in [5, 5.41) is 2.95. The van der Waals surface area contributed by atoms with Crippen LogP contribution in [-0.2, 0) is 14.8 Å². The number of rotatable bonds is 5. The number of nitrogens with one attached hydrogen (secondary N) is 2. The molecule has 38 heavy (non-hydrogen) atoms. The summed E-state index contributed by atoms with van der Waals surface area (Å²) in [7, 11) is -0.613. The smallest absolute Gasteiger partial charge is 0.317 e. The van der Waals surface area contributed by atoms with Crippen LogP contribution in [0.1, 0.15) is 38.1 Å². The molecule has 0 saturated carbocycles. The van der Waals surface area contributed by atoms with Gasteiger partial charge in [0, 0.05) is 44.9 Å². The molecule has 208 valence electrons. The quantitative estimate of drug-likeness (QED) is 0.594. The highest BCUT2D eigenvalue weighted by molar-refractivity contribution is 7.92. The first kappa shape index (κ1) is 29.2. The first-order chi connectivity index (χ1) is 17.9. The van der Waals surface area contributed by atoms with Crippen molar-refractivity contribution in [3.63, 3.8) is 0 Å². The minimum absolute atomic E-state index is 0.0342. The molecule has 1 heterocycles. The van der Waals surface area contributed by atoms with Crippen molar-refractivity contribution in [3.05, 3.63) is 54.1 Å². The SMILES string of the molecule is CO[C@H]1CN(C)C(=O)c2cc(NS(=O)(=O)c3ccccc3)ccc2OC[C@H](C)N(C(=O)NC(C)C)C[C@H]1C. The number of urea groups is 1. The highest BCUT2D eigenvalue weighted by Gasteiger charge is 2.30. The Morgan fingerprint density at radius 1 is 1.11 bits per heavy atom. The van der Waals surface area contributed by atoms with Gasteiger partial charge in [0.25, 0.3) is 15.9 Å². The molecule has 0 fully saturated rings. The Labute approximate surface area is 225 Å². The number of hydrogen-bond donors (Lipinski definition) is 2. The summed E-state index contributed by atoms with van der Waals surface area (Å²) in [6.45, 7) is 8.48. The highest BCUT2D eigenvalue weighted by atomic mass is 32.2. The lowest BCUT2D eigenvalue weighted by atomic mass is 10.0. The number of ether oxygens (including phenoxy) is 2. The number of carbonyl (C=O) groups excluding carboxylic acids is 2. The number of sulfonamides is 1. The van der Waals surface area contributed by atoms with E-state index >= 15 is 0 Å². The van der Waals surface area contributed by atoms with Gasteiger partial charge in [0.2, 0.25) is 0 Å². The number of benzene rings is 2. The van der Waals surface area contributed by atoms with Gasteiger partial charge in [0.1, 0.15) is 12.4 Å². The van der Waals surface area contributed by atoms with Gasteiger partial charge in [-0.15, -0.1) is 0 Å². The van der Waals surface area contributed by atoms with Gasteiger partial charge < -0.3 is 24.6 Å². The minimum Gasteiger partial charge on any atom is -0.491 e. The molecular formula is C27H38N4O6S. The lowest BCUT2D eigenvalue weighted by Gasteiger charge is -2.36. The zero-order valence-corrected chi connectivity index (χ0v) is 23.6. The summed E-state index contributed by atoms with van der Waals surface area (Å²) >= 11 is 0. The van der Waals surface area contributed by atoms with Crippen molar-refractivity contribution in [2.24, 2.45) is 5.92 Å². The molecule has 2 aromatic rings. The Balaban J connectivity index is 1.97. The largest absolute Gasteiger partial charge is 0.491 e. The zero-order chi connectivity index (χ0) is 28.0. The maximum absolute atomic E-state index is 13.5. The lowest BCUT2D eigenvalue weighted by Crippen LogP contribution is -2.52. The molecule has 1 aliphatic rings. The molecule has 10 nitrogen and oxygen atoms in total. The molecule has 1 aliphatic heterocycles. The van der Waals surface area contributed by atoms with Crippen molar-refractivity contribution in [1.29, 1.82) is 0 Å². The Morgan fingerprint density at radius 2 is 1.79 bits per heavy atom. The van der Waals surface area contributed by atoms with Crippen LogP contribution in [0.25, 0.3) is 0 Å². The van der Waals surface area contributed by atoms with Gasteiger partial charge in [-0.05, 0) is 51.1 Å². The predicted molar refractivity (Wildman–Crippen MR) is 146 cm³/mol. The Morgan fingerprint density at radius 3 is 2.42 bits per heavy atom. The van der Waals surface area contributed by atoms with E-state index in [0.29, 0.717) is 12.3 Å². The monoisotopic (exact) mass is 546 g/mol. The van der Waals surface area contributed by atoms with E-state index in [4.69, 9.17) is 9.47 Å². The number of methoxy groups -OCH3 is 1. The minimum atomic E-state index is -3.85. The van der Waals surface area contributed by atoms with Crippen molar-refractivity contribution in [2.75, 3.05) is 38.6 Å². The number of nitrogens with zero attached hydrogens (tertiary/aromatic N) is 2. The van der Waals surface area contributed by atoms with E-state index in [1.54, 1.807) is 49.4 Å². The molecule has 11 heteroatoms. The summed E-state index contributed by atoms with van der Waals surface area (Å²) in [6.07, 6.45) is -0.339. The van der Waals surface area contributed by atoms with E-state index in [0.717, 1.165) is 0 Å². The highest BCUT2D eigenvalue weighted by Crippen LogP contribution is 2.27. The lowest BCUT2D eigenvalue weighted by molar-refractivity contribution is 0.0165. The van der Waals surface area contributed by atoms with Crippen LogP contribution in [-0.4, -0.2) is 82.2 Å². The Hall–Kier alpha value is -3.31. The van der Waals surface area contributed by atoms with Crippen LogP contribution in [0.3, 0.4) is 0 Å². The molecule has 0 unspecified atom stereocenters. The van der Waals surface area contributed by atoms with E-state index < -0.39 is 10.0 Å². The van der Waals surface area contributed by atoms with Gasteiger partial charge in [-0.3, -0.25) is 9.52 Å². The van der Waals surface area contributed by atoms with E-state index in [2.05, 4.69) is 10.0 Å². The second-order valence-corrected chi connectivity index (χ2v) is 11.7. The van der Waals surface area contributed by atoms with Crippen molar-refractivity contribution < 1.29 is 27.5 Å². The standard InChI is InChI=1S/C27H38N4O6S/c1-18(2)28-27(33)31-15-19(3)25(36-6)16-30(5)26(32)23-14-21(12-13-24(23)37-17-20(31)4)29-38(34,35)22-10-8-7-9-11-22/h7-14,18-20,25,29H,15-17H2,1-6H3,(H,28,33)/t19-,20+,25+/m1/s1. The van der Waals surface area contributed by atoms with E-state index in [1.807, 2.05) is 27.7 Å². The third-order valence-corrected chi connectivity index (χ3v) is 7.82. The molecule has 0 aliphatic carbocycles. The fraction of sp³-hybridized carbons (Fsp3) is 0.481. The molecule has 3 rings (SSSR count). The molecule has 3 amide bonds. The normalized spacial score (nSPS) is 21.1. The summed E-state index contributed by atoms with van der Waals surface area (Å²) < 4.78 is 40.0. The Bertz CT molecular complexity index is 1220. The van der Waals surface area contributed by atoms with E-state index in [9.17, 15) is 18.0 Å². The van der Waals surface area contributed by atoms with Crippen LogP contribution in [0, 0.1) is 5.92 Å². The third kappa shape index (κ3) is 7.16. The molecule has 0 spiro atoms. The number of amides is 3.